The van der Waals surface area contributed by atoms with E-state index in [1.165, 1.54) is 0 Å². The molecular weight excluding hydrogens is 399 g/mol. The number of hydrogen-bond acceptors (Lipinski definition) is 4. The molecule has 2 aromatic heterocycles. The Hall–Kier alpha value is -2.16. The van der Waals surface area contributed by atoms with E-state index in [0.717, 1.165) is 35.1 Å². The van der Waals surface area contributed by atoms with Gasteiger partial charge in [-0.25, -0.2) is 9.97 Å². The Morgan fingerprint density at radius 3 is 2.54 bits per heavy atom. The molecule has 0 radical (unpaired) electrons. The number of halogens is 5. The summed E-state index contributed by atoms with van der Waals surface area (Å²) >= 11 is 1.55. The Balaban J connectivity index is 1.76. The average Bonchev–Trinajstić information content (AvgIpc) is 3.39. The van der Waals surface area contributed by atoms with Gasteiger partial charge in [0, 0.05) is 16.7 Å². The molecule has 3 nitrogen and oxygen atoms in total. The van der Waals surface area contributed by atoms with Crippen molar-refractivity contribution in [2.24, 2.45) is 0 Å². The number of alkyl halides is 5. The third-order valence-electron chi connectivity index (χ3n) is 4.53. The SMILES string of the molecule is CCSc1cc(C2CC2)cnc1-c1nc2cc(C(F)(F)C(F)(F)F)ccc2o1. The maximum Gasteiger partial charge on any atom is 0.458 e. The highest BCUT2D eigenvalue weighted by molar-refractivity contribution is 7.99. The fraction of sp³-hybridized carbons (Fsp3) is 0.368. The third-order valence-corrected chi connectivity index (χ3v) is 5.44. The van der Waals surface area contributed by atoms with Crippen LogP contribution in [0.5, 0.6) is 0 Å². The lowest BCUT2D eigenvalue weighted by molar-refractivity contribution is -0.289. The normalized spacial score (nSPS) is 15.4. The Morgan fingerprint density at radius 2 is 1.89 bits per heavy atom. The Bertz CT molecular complexity index is 1030. The van der Waals surface area contributed by atoms with Crippen LogP contribution in [-0.2, 0) is 5.92 Å². The van der Waals surface area contributed by atoms with E-state index >= 15 is 0 Å². The minimum absolute atomic E-state index is 0.0723. The number of hydrogen-bond donors (Lipinski definition) is 0. The number of oxazole rings is 1. The molecule has 4 rings (SSSR count). The summed E-state index contributed by atoms with van der Waals surface area (Å²) in [4.78, 5) is 9.40. The second-order valence-corrected chi connectivity index (χ2v) is 7.90. The van der Waals surface area contributed by atoms with Crippen LogP contribution >= 0.6 is 11.8 Å². The summed E-state index contributed by atoms with van der Waals surface area (Å²) in [5.41, 5.74) is 0.459. The minimum Gasteiger partial charge on any atom is -0.435 e. The molecule has 0 saturated heterocycles. The third kappa shape index (κ3) is 3.36. The molecule has 0 atom stereocenters. The van der Waals surface area contributed by atoms with E-state index in [9.17, 15) is 22.0 Å². The van der Waals surface area contributed by atoms with Crippen LogP contribution in [-0.4, -0.2) is 21.9 Å². The van der Waals surface area contributed by atoms with E-state index in [0.29, 0.717) is 23.7 Å². The molecule has 9 heteroatoms. The van der Waals surface area contributed by atoms with E-state index in [1.54, 1.807) is 18.0 Å². The number of rotatable bonds is 5. The first-order valence-corrected chi connectivity index (χ1v) is 9.68. The first kappa shape index (κ1) is 19.2. The summed E-state index contributed by atoms with van der Waals surface area (Å²) in [5.74, 6) is -3.58. The van der Waals surface area contributed by atoms with E-state index in [2.05, 4.69) is 9.97 Å². The van der Waals surface area contributed by atoms with Crippen molar-refractivity contribution in [1.82, 2.24) is 9.97 Å². The topological polar surface area (TPSA) is 38.9 Å². The maximum absolute atomic E-state index is 13.6. The second kappa shape index (κ2) is 6.72. The van der Waals surface area contributed by atoms with Crippen molar-refractivity contribution in [3.05, 3.63) is 41.6 Å². The fourth-order valence-electron chi connectivity index (χ4n) is 2.91. The maximum atomic E-state index is 13.6. The molecule has 0 spiro atoms. The first-order valence-electron chi connectivity index (χ1n) is 8.69. The zero-order chi connectivity index (χ0) is 20.1. The first-order chi connectivity index (χ1) is 13.2. The van der Waals surface area contributed by atoms with Gasteiger partial charge in [-0.1, -0.05) is 6.92 Å². The minimum atomic E-state index is -5.68. The molecule has 0 amide bonds. The second-order valence-electron chi connectivity index (χ2n) is 6.60. The molecule has 1 fully saturated rings. The van der Waals surface area contributed by atoms with Gasteiger partial charge in [0.25, 0.3) is 0 Å². The number of nitrogens with zero attached hydrogens (tertiary/aromatic N) is 2. The van der Waals surface area contributed by atoms with Crippen LogP contribution in [0.1, 0.15) is 36.8 Å². The van der Waals surface area contributed by atoms with Gasteiger partial charge in [-0.05, 0) is 54.3 Å². The zero-order valence-corrected chi connectivity index (χ0v) is 15.5. The number of fused-ring (bicyclic) bond motifs is 1. The number of thioether (sulfide) groups is 1. The van der Waals surface area contributed by atoms with Crippen LogP contribution in [0.4, 0.5) is 22.0 Å². The molecule has 1 aliphatic rings. The molecular formula is C19H15F5N2OS. The van der Waals surface area contributed by atoms with Crippen LogP contribution in [0, 0.1) is 0 Å². The highest BCUT2D eigenvalue weighted by atomic mass is 32.2. The smallest absolute Gasteiger partial charge is 0.435 e. The lowest BCUT2D eigenvalue weighted by Gasteiger charge is -2.19. The van der Waals surface area contributed by atoms with Crippen LogP contribution in [0.15, 0.2) is 39.8 Å². The molecule has 0 bridgehead atoms. The van der Waals surface area contributed by atoms with Gasteiger partial charge in [-0.2, -0.15) is 22.0 Å². The standard InChI is InChI=1S/C19H15F5N2OS/c1-2-28-15-7-11(10-3-4-10)9-25-16(15)17-26-13-8-12(5-6-14(13)27-17)18(20,21)19(22,23)24/h5-10H,2-4H2,1H3. The molecule has 2 heterocycles. The predicted octanol–water partition coefficient (Wildman–Crippen LogP) is 6.53. The van der Waals surface area contributed by atoms with Gasteiger partial charge in [-0.3, -0.25) is 0 Å². The molecule has 1 aliphatic carbocycles. The van der Waals surface area contributed by atoms with Gasteiger partial charge in [0.1, 0.15) is 11.2 Å². The van der Waals surface area contributed by atoms with Crippen molar-refractivity contribution >= 4 is 22.9 Å². The van der Waals surface area contributed by atoms with Gasteiger partial charge >= 0.3 is 12.1 Å². The van der Waals surface area contributed by atoms with E-state index < -0.39 is 17.7 Å². The Kier molecular flexibility index (Phi) is 4.60. The van der Waals surface area contributed by atoms with Crippen molar-refractivity contribution in [2.45, 2.75) is 42.7 Å². The predicted molar refractivity (Wildman–Crippen MR) is 95.6 cm³/mol. The number of pyridine rings is 1. The molecule has 148 valence electrons. The highest BCUT2D eigenvalue weighted by Gasteiger charge is 2.58. The quantitative estimate of drug-likeness (QED) is 0.351. The number of aromatic nitrogens is 2. The van der Waals surface area contributed by atoms with Gasteiger partial charge < -0.3 is 4.42 Å². The van der Waals surface area contributed by atoms with Crippen molar-refractivity contribution in [3.8, 4) is 11.6 Å². The fourth-order valence-corrected chi connectivity index (χ4v) is 3.72. The number of benzene rings is 1. The molecule has 0 unspecified atom stereocenters. The average molecular weight is 414 g/mol. The molecule has 0 N–H and O–H groups in total. The van der Waals surface area contributed by atoms with Crippen LogP contribution < -0.4 is 0 Å². The van der Waals surface area contributed by atoms with E-state index in [-0.39, 0.29) is 17.0 Å². The lowest BCUT2D eigenvalue weighted by atomic mass is 10.1. The molecule has 28 heavy (non-hydrogen) atoms. The summed E-state index contributed by atoms with van der Waals surface area (Å²) in [6, 6.07) is 4.51. The molecule has 3 aromatic rings. The van der Waals surface area contributed by atoms with Crippen molar-refractivity contribution in [2.75, 3.05) is 5.75 Å². The van der Waals surface area contributed by atoms with Crippen LogP contribution in [0.25, 0.3) is 22.7 Å². The monoisotopic (exact) mass is 414 g/mol. The summed E-state index contributed by atoms with van der Waals surface area (Å²) < 4.78 is 70.7. The Morgan fingerprint density at radius 1 is 1.14 bits per heavy atom. The van der Waals surface area contributed by atoms with Crippen molar-refractivity contribution < 1.29 is 26.4 Å². The lowest BCUT2D eigenvalue weighted by Crippen LogP contribution is -2.33. The highest BCUT2D eigenvalue weighted by Crippen LogP contribution is 2.45. The summed E-state index contributed by atoms with van der Waals surface area (Å²) in [6.07, 6.45) is -1.70. The molecule has 1 aromatic carbocycles. The van der Waals surface area contributed by atoms with Gasteiger partial charge in [-0.15, -0.1) is 11.8 Å². The summed E-state index contributed by atoms with van der Waals surface area (Å²) in [6.45, 7) is 1.98. The van der Waals surface area contributed by atoms with Crippen LogP contribution in [0.3, 0.4) is 0 Å². The van der Waals surface area contributed by atoms with Gasteiger partial charge in [0.15, 0.2) is 5.58 Å². The zero-order valence-electron chi connectivity index (χ0n) is 14.7. The van der Waals surface area contributed by atoms with Crippen molar-refractivity contribution in [1.29, 1.82) is 0 Å². The van der Waals surface area contributed by atoms with E-state index in [1.807, 2.05) is 13.0 Å². The molecule has 1 saturated carbocycles. The van der Waals surface area contributed by atoms with Crippen LogP contribution in [0.2, 0.25) is 0 Å². The summed E-state index contributed by atoms with van der Waals surface area (Å²) in [5, 5.41) is 0. The van der Waals surface area contributed by atoms with Gasteiger partial charge in [0.2, 0.25) is 5.89 Å². The van der Waals surface area contributed by atoms with Crippen molar-refractivity contribution in [3.63, 3.8) is 0 Å². The van der Waals surface area contributed by atoms with Gasteiger partial charge in [0.05, 0.1) is 0 Å². The summed E-state index contributed by atoms with van der Waals surface area (Å²) in [7, 11) is 0. The largest absolute Gasteiger partial charge is 0.458 e. The van der Waals surface area contributed by atoms with E-state index in [4.69, 9.17) is 4.42 Å². The Labute approximate surface area is 161 Å². The molecule has 0 aliphatic heterocycles.